The van der Waals surface area contributed by atoms with Crippen LogP contribution in [-0.2, 0) is 4.74 Å². The van der Waals surface area contributed by atoms with Gasteiger partial charge in [0.15, 0.2) is 0 Å². The van der Waals surface area contributed by atoms with Gasteiger partial charge in [-0.15, -0.1) is 0 Å². The molecule has 0 radical (unpaired) electrons. The molecule has 1 saturated carbocycles. The van der Waals surface area contributed by atoms with Crippen molar-refractivity contribution < 1.29 is 9.84 Å². The number of aliphatic hydroxyl groups excluding tert-OH is 1. The van der Waals surface area contributed by atoms with Crippen molar-refractivity contribution in [3.63, 3.8) is 0 Å². The lowest BCUT2D eigenvalue weighted by Crippen LogP contribution is -2.56. The van der Waals surface area contributed by atoms with Gasteiger partial charge in [-0.25, -0.2) is 0 Å². The molecule has 3 nitrogen and oxygen atoms in total. The van der Waals surface area contributed by atoms with Crippen molar-refractivity contribution in [1.82, 2.24) is 4.90 Å². The molecule has 0 aromatic heterocycles. The zero-order valence-electron chi connectivity index (χ0n) is 9.20. The molecule has 14 heavy (non-hydrogen) atoms. The van der Waals surface area contributed by atoms with Gasteiger partial charge >= 0.3 is 0 Å². The third-order valence-electron chi connectivity index (χ3n) is 3.53. The summed E-state index contributed by atoms with van der Waals surface area (Å²) < 4.78 is 5.50. The Bertz CT molecular complexity index is 205. The molecule has 1 aliphatic carbocycles. The predicted octanol–water partition coefficient (Wildman–Crippen LogP) is 1.01. The molecule has 0 bridgehead atoms. The van der Waals surface area contributed by atoms with Crippen LogP contribution in [0.15, 0.2) is 0 Å². The molecule has 1 heterocycles. The number of hydrogen-bond acceptors (Lipinski definition) is 3. The van der Waals surface area contributed by atoms with Crippen LogP contribution < -0.4 is 0 Å². The molecule has 2 aliphatic rings. The quantitative estimate of drug-likeness (QED) is 0.684. The minimum absolute atomic E-state index is 0.0707. The number of hydrogen-bond donors (Lipinski definition) is 1. The highest BCUT2D eigenvalue weighted by Gasteiger charge is 2.38. The number of morpholine rings is 1. The summed E-state index contributed by atoms with van der Waals surface area (Å²) in [6.07, 6.45) is 2.99. The molecule has 0 spiro atoms. The van der Waals surface area contributed by atoms with Crippen LogP contribution in [0.25, 0.3) is 0 Å². The Kier molecular flexibility index (Phi) is 2.82. The molecule has 0 amide bonds. The molecular weight excluding hydrogens is 178 g/mol. The Morgan fingerprint density at radius 3 is 2.71 bits per heavy atom. The van der Waals surface area contributed by atoms with E-state index >= 15 is 0 Å². The first-order chi connectivity index (χ1) is 6.59. The fraction of sp³-hybridized carbons (Fsp3) is 1.00. The highest BCUT2D eigenvalue weighted by atomic mass is 16.5. The Morgan fingerprint density at radius 2 is 2.14 bits per heavy atom. The maximum absolute atomic E-state index is 9.54. The van der Waals surface area contributed by atoms with Crippen LogP contribution >= 0.6 is 0 Å². The van der Waals surface area contributed by atoms with Crippen LogP contribution in [0.5, 0.6) is 0 Å². The van der Waals surface area contributed by atoms with E-state index in [1.165, 1.54) is 0 Å². The second-order valence-corrected chi connectivity index (χ2v) is 5.18. The Balaban J connectivity index is 2.01. The zero-order chi connectivity index (χ0) is 10.2. The second kappa shape index (κ2) is 3.80. The summed E-state index contributed by atoms with van der Waals surface area (Å²) in [5.41, 5.74) is 0.146. The van der Waals surface area contributed by atoms with Crippen LogP contribution in [0.3, 0.4) is 0 Å². The molecule has 1 aliphatic heterocycles. The van der Waals surface area contributed by atoms with Crippen molar-refractivity contribution in [2.24, 2.45) is 0 Å². The molecule has 2 rings (SSSR count). The van der Waals surface area contributed by atoms with Crippen molar-refractivity contribution in [3.05, 3.63) is 0 Å². The number of nitrogens with zero attached hydrogens (tertiary/aromatic N) is 1. The summed E-state index contributed by atoms with van der Waals surface area (Å²) >= 11 is 0. The first kappa shape index (κ1) is 10.4. The largest absolute Gasteiger partial charge is 0.393 e. The molecule has 1 N–H and O–H groups in total. The number of aliphatic hydroxyl groups is 1. The van der Waals surface area contributed by atoms with Gasteiger partial charge < -0.3 is 9.84 Å². The predicted molar refractivity (Wildman–Crippen MR) is 55.2 cm³/mol. The van der Waals surface area contributed by atoms with Gasteiger partial charge in [0.05, 0.1) is 19.3 Å². The topological polar surface area (TPSA) is 32.7 Å². The normalized spacial score (nSPS) is 38.8. The van der Waals surface area contributed by atoms with Crippen LogP contribution in [-0.4, -0.2) is 47.4 Å². The fourth-order valence-corrected chi connectivity index (χ4v) is 2.76. The van der Waals surface area contributed by atoms with E-state index in [4.69, 9.17) is 4.74 Å². The van der Waals surface area contributed by atoms with E-state index in [9.17, 15) is 5.11 Å². The van der Waals surface area contributed by atoms with E-state index < -0.39 is 0 Å². The molecule has 3 heteroatoms. The van der Waals surface area contributed by atoms with E-state index in [2.05, 4.69) is 18.7 Å². The van der Waals surface area contributed by atoms with E-state index in [-0.39, 0.29) is 11.6 Å². The SMILES string of the molecule is CC1(C)COCCN1C1CCC(O)C1. The fourth-order valence-electron chi connectivity index (χ4n) is 2.76. The molecule has 82 valence electrons. The van der Waals surface area contributed by atoms with Crippen molar-refractivity contribution >= 4 is 0 Å². The molecule has 2 fully saturated rings. The average Bonchev–Trinajstić information content (AvgIpc) is 2.51. The van der Waals surface area contributed by atoms with E-state index in [0.717, 1.165) is 39.0 Å². The van der Waals surface area contributed by atoms with Crippen molar-refractivity contribution in [2.75, 3.05) is 19.8 Å². The van der Waals surface area contributed by atoms with Crippen LogP contribution in [0.1, 0.15) is 33.1 Å². The highest BCUT2D eigenvalue weighted by Crippen LogP contribution is 2.31. The molecule has 2 unspecified atom stereocenters. The highest BCUT2D eigenvalue weighted by molar-refractivity contribution is 4.92. The van der Waals surface area contributed by atoms with Crippen molar-refractivity contribution in [1.29, 1.82) is 0 Å². The second-order valence-electron chi connectivity index (χ2n) is 5.18. The maximum Gasteiger partial charge on any atom is 0.0645 e. The number of rotatable bonds is 1. The monoisotopic (exact) mass is 199 g/mol. The third kappa shape index (κ3) is 1.95. The summed E-state index contributed by atoms with van der Waals surface area (Å²) in [7, 11) is 0. The first-order valence-electron chi connectivity index (χ1n) is 5.62. The Morgan fingerprint density at radius 1 is 1.36 bits per heavy atom. The van der Waals surface area contributed by atoms with Gasteiger partial charge in [0.25, 0.3) is 0 Å². The Labute approximate surface area is 86.0 Å². The minimum atomic E-state index is -0.0707. The summed E-state index contributed by atoms with van der Waals surface area (Å²) in [6, 6.07) is 0.573. The van der Waals surface area contributed by atoms with Gasteiger partial charge in [-0.1, -0.05) is 0 Å². The van der Waals surface area contributed by atoms with E-state index in [1.54, 1.807) is 0 Å². The minimum Gasteiger partial charge on any atom is -0.393 e. The van der Waals surface area contributed by atoms with Crippen molar-refractivity contribution in [3.8, 4) is 0 Å². The smallest absolute Gasteiger partial charge is 0.0645 e. The molecule has 1 saturated heterocycles. The van der Waals surface area contributed by atoms with Crippen LogP contribution in [0, 0.1) is 0 Å². The molecule has 0 aromatic rings. The van der Waals surface area contributed by atoms with Gasteiger partial charge in [0.1, 0.15) is 0 Å². The van der Waals surface area contributed by atoms with Gasteiger partial charge in [-0.05, 0) is 33.1 Å². The molecule has 0 aromatic carbocycles. The third-order valence-corrected chi connectivity index (χ3v) is 3.53. The van der Waals surface area contributed by atoms with Gasteiger partial charge in [0, 0.05) is 18.1 Å². The average molecular weight is 199 g/mol. The summed E-state index contributed by atoms with van der Waals surface area (Å²) in [4.78, 5) is 2.52. The molecular formula is C11H21NO2. The zero-order valence-corrected chi connectivity index (χ0v) is 9.20. The van der Waals surface area contributed by atoms with E-state index in [1.807, 2.05) is 0 Å². The maximum atomic E-state index is 9.54. The first-order valence-corrected chi connectivity index (χ1v) is 5.62. The summed E-state index contributed by atoms with van der Waals surface area (Å²) in [6.45, 7) is 7.15. The lowest BCUT2D eigenvalue weighted by molar-refractivity contribution is -0.0722. The van der Waals surface area contributed by atoms with Crippen LogP contribution in [0.2, 0.25) is 0 Å². The summed E-state index contributed by atoms with van der Waals surface area (Å²) in [5, 5.41) is 9.54. The molecule has 2 atom stereocenters. The van der Waals surface area contributed by atoms with Gasteiger partial charge in [-0.3, -0.25) is 4.90 Å². The van der Waals surface area contributed by atoms with E-state index in [0.29, 0.717) is 6.04 Å². The lowest BCUT2D eigenvalue weighted by atomic mass is 9.99. The Hall–Kier alpha value is -0.120. The summed E-state index contributed by atoms with van der Waals surface area (Å²) in [5.74, 6) is 0. The van der Waals surface area contributed by atoms with Crippen LogP contribution in [0.4, 0.5) is 0 Å². The van der Waals surface area contributed by atoms with Gasteiger partial charge in [-0.2, -0.15) is 0 Å². The standard InChI is InChI=1S/C11H21NO2/c1-11(2)8-14-6-5-12(11)9-3-4-10(13)7-9/h9-10,13H,3-8H2,1-2H3. The number of ether oxygens (including phenoxy) is 1. The van der Waals surface area contributed by atoms with Crippen molar-refractivity contribution in [2.45, 2.75) is 50.8 Å². The lowest BCUT2D eigenvalue weighted by Gasteiger charge is -2.45. The van der Waals surface area contributed by atoms with Gasteiger partial charge in [0.2, 0.25) is 0 Å².